The molecule has 3 aromatic rings. The summed E-state index contributed by atoms with van der Waals surface area (Å²) in [5, 5.41) is 2.55. The van der Waals surface area contributed by atoms with Crippen molar-refractivity contribution in [2.24, 2.45) is 17.8 Å². The van der Waals surface area contributed by atoms with E-state index in [0.29, 0.717) is 23.8 Å². The van der Waals surface area contributed by atoms with Crippen LogP contribution in [0.25, 0.3) is 10.9 Å². The van der Waals surface area contributed by atoms with Gasteiger partial charge in [0.25, 0.3) is 0 Å². The maximum atomic E-state index is 14.9. The average molecular weight is 481 g/mol. The fourth-order valence-corrected chi connectivity index (χ4v) is 7.92. The number of thiophene rings is 1. The summed E-state index contributed by atoms with van der Waals surface area (Å²) in [5.41, 5.74) is 1.55. The summed E-state index contributed by atoms with van der Waals surface area (Å²) in [6, 6.07) is 9.15. The lowest BCUT2D eigenvalue weighted by Gasteiger charge is -2.59. The van der Waals surface area contributed by atoms with Gasteiger partial charge in [0, 0.05) is 46.4 Å². The lowest BCUT2D eigenvalue weighted by molar-refractivity contribution is -0.175. The van der Waals surface area contributed by atoms with Gasteiger partial charge in [-0.2, -0.15) is 0 Å². The Hall–Kier alpha value is -2.67. The van der Waals surface area contributed by atoms with Gasteiger partial charge in [-0.1, -0.05) is 12.1 Å². The van der Waals surface area contributed by atoms with Gasteiger partial charge in [-0.05, 0) is 73.6 Å². The number of carbonyl (C=O) groups excluding carboxylic acids is 2. The largest absolute Gasteiger partial charge is 0.466 e. The molecule has 5 nitrogen and oxygen atoms in total. The number of H-pyrrole nitrogens is 1. The Morgan fingerprint density at radius 3 is 2.88 bits per heavy atom. The second kappa shape index (κ2) is 8.52. The number of rotatable bonds is 6. The predicted octanol–water partition coefficient (Wildman–Crippen LogP) is 5.47. The molecule has 2 aromatic heterocycles. The van der Waals surface area contributed by atoms with E-state index in [0.717, 1.165) is 41.6 Å². The number of nitrogens with one attached hydrogen (secondary N) is 1. The van der Waals surface area contributed by atoms with Gasteiger partial charge in [0.05, 0.1) is 12.5 Å². The molecule has 178 valence electrons. The molecule has 0 radical (unpaired) electrons. The monoisotopic (exact) mass is 480 g/mol. The number of nitrogens with zero attached hydrogens (tertiary/aromatic N) is 1. The highest BCUT2D eigenvalue weighted by Gasteiger charge is 2.56. The first-order valence-corrected chi connectivity index (χ1v) is 13.2. The molecule has 4 bridgehead atoms. The summed E-state index contributed by atoms with van der Waals surface area (Å²) in [7, 11) is 0. The van der Waals surface area contributed by atoms with Crippen LogP contribution in [-0.2, 0) is 14.3 Å². The highest BCUT2D eigenvalue weighted by molar-refractivity contribution is 7.10. The fraction of sp³-hybridized carbons (Fsp3) is 0.481. The number of esters is 1. The Labute approximate surface area is 202 Å². The van der Waals surface area contributed by atoms with Crippen LogP contribution in [0, 0.1) is 23.6 Å². The van der Waals surface area contributed by atoms with Crippen molar-refractivity contribution in [3.63, 3.8) is 0 Å². The molecule has 2 saturated heterocycles. The van der Waals surface area contributed by atoms with Gasteiger partial charge in [0.1, 0.15) is 5.82 Å². The Morgan fingerprint density at radius 2 is 2.09 bits per heavy atom. The van der Waals surface area contributed by atoms with Crippen molar-refractivity contribution in [3.8, 4) is 0 Å². The van der Waals surface area contributed by atoms with Crippen molar-refractivity contribution in [1.82, 2.24) is 9.88 Å². The molecule has 4 aliphatic rings. The molecule has 6 atom stereocenters. The van der Waals surface area contributed by atoms with Crippen molar-refractivity contribution < 1.29 is 18.7 Å². The molecule has 1 N–H and O–H groups in total. The van der Waals surface area contributed by atoms with Crippen LogP contribution in [0.4, 0.5) is 4.39 Å². The minimum atomic E-state index is -0.278. The third kappa shape index (κ3) is 3.47. The van der Waals surface area contributed by atoms with Gasteiger partial charge < -0.3 is 14.6 Å². The number of fused-ring (bicyclic) bond motifs is 1. The van der Waals surface area contributed by atoms with Crippen LogP contribution in [0.3, 0.4) is 0 Å². The molecule has 4 fully saturated rings. The van der Waals surface area contributed by atoms with E-state index < -0.39 is 0 Å². The number of benzene rings is 1. The van der Waals surface area contributed by atoms with Crippen molar-refractivity contribution in [3.05, 3.63) is 58.2 Å². The topological polar surface area (TPSA) is 62.4 Å². The molecule has 2 aliphatic carbocycles. The highest BCUT2D eigenvalue weighted by atomic mass is 32.1. The molecule has 0 spiro atoms. The zero-order chi connectivity index (χ0) is 23.4. The number of aromatic nitrogens is 1. The predicted molar refractivity (Wildman–Crippen MR) is 129 cm³/mol. The minimum absolute atomic E-state index is 0.0622. The summed E-state index contributed by atoms with van der Waals surface area (Å²) in [4.78, 5) is 33.1. The van der Waals surface area contributed by atoms with Crippen molar-refractivity contribution in [1.29, 1.82) is 0 Å². The van der Waals surface area contributed by atoms with Crippen LogP contribution >= 0.6 is 11.3 Å². The average Bonchev–Trinajstić information content (AvgIpc) is 3.48. The van der Waals surface area contributed by atoms with Gasteiger partial charge in [-0.25, -0.2) is 4.39 Å². The van der Waals surface area contributed by atoms with Gasteiger partial charge in [-0.15, -0.1) is 11.3 Å². The standard InChI is InChI=1S/C27H29FN2O3S/c1-2-33-27(32)25-16-9-15-10-17(12-16)30(22(25)11-15)24(31)13-18(23-7-4-8-34-23)19-14-29-21-6-3-5-20(28)26(19)21/h3-8,14-18,22,25,29H,2,9-13H2,1H3. The van der Waals surface area contributed by atoms with Crippen molar-refractivity contribution in [2.75, 3.05) is 6.61 Å². The molecular weight excluding hydrogens is 451 g/mol. The first-order valence-electron chi connectivity index (χ1n) is 12.3. The summed E-state index contributed by atoms with van der Waals surface area (Å²) >= 11 is 1.59. The number of piperidine rings is 2. The second-order valence-corrected chi connectivity index (χ2v) is 11.0. The van der Waals surface area contributed by atoms with Crippen molar-refractivity contribution in [2.45, 2.75) is 57.0 Å². The second-order valence-electron chi connectivity index (χ2n) is 10.0. The number of ether oxygens (including phenoxy) is 1. The molecule has 1 amide bonds. The third-order valence-corrected chi connectivity index (χ3v) is 9.22. The van der Waals surface area contributed by atoms with E-state index >= 15 is 0 Å². The summed E-state index contributed by atoms with van der Waals surface area (Å²) < 4.78 is 20.3. The Morgan fingerprint density at radius 1 is 1.21 bits per heavy atom. The molecule has 1 aromatic carbocycles. The van der Waals surface area contributed by atoms with E-state index in [1.54, 1.807) is 17.4 Å². The highest BCUT2D eigenvalue weighted by Crippen LogP contribution is 2.53. The van der Waals surface area contributed by atoms with Crippen LogP contribution in [0.15, 0.2) is 41.9 Å². The third-order valence-electron chi connectivity index (χ3n) is 8.24. The van der Waals surface area contributed by atoms with Gasteiger partial charge in [0.15, 0.2) is 0 Å². The molecule has 4 heterocycles. The fourth-order valence-electron chi connectivity index (χ4n) is 7.07. The number of carbonyl (C=O) groups is 2. The number of amides is 1. The zero-order valence-electron chi connectivity index (χ0n) is 19.2. The van der Waals surface area contributed by atoms with Crippen LogP contribution < -0.4 is 0 Å². The molecule has 7 rings (SSSR count). The van der Waals surface area contributed by atoms with E-state index in [1.807, 2.05) is 41.6 Å². The molecular formula is C27H29FN2O3S. The SMILES string of the molecule is CCOC(=O)C1C2CC3CC(C2)N(C(=O)CC(c2cccs2)c2c[nH]c4cccc(F)c24)C1C3. The summed E-state index contributed by atoms with van der Waals surface area (Å²) in [6.07, 6.45) is 5.98. The van der Waals surface area contributed by atoms with Crippen LogP contribution in [0.2, 0.25) is 0 Å². The molecule has 7 heteroatoms. The number of hydrogen-bond donors (Lipinski definition) is 1. The lowest BCUT2D eigenvalue weighted by atomic mass is 9.58. The first-order chi connectivity index (χ1) is 16.5. The number of halogens is 1. The molecule has 2 saturated carbocycles. The van der Waals surface area contributed by atoms with Gasteiger partial charge >= 0.3 is 5.97 Å². The van der Waals surface area contributed by atoms with Gasteiger partial charge in [0.2, 0.25) is 5.91 Å². The Kier molecular flexibility index (Phi) is 5.47. The van der Waals surface area contributed by atoms with Gasteiger partial charge in [-0.3, -0.25) is 9.59 Å². The zero-order valence-corrected chi connectivity index (χ0v) is 20.0. The summed E-state index contributed by atoms with van der Waals surface area (Å²) in [5.74, 6) is 0.0920. The Balaban J connectivity index is 1.34. The Bertz CT molecular complexity index is 1220. The minimum Gasteiger partial charge on any atom is -0.466 e. The lowest BCUT2D eigenvalue weighted by Crippen LogP contribution is -2.65. The van der Waals surface area contributed by atoms with E-state index in [-0.39, 0.29) is 48.0 Å². The maximum Gasteiger partial charge on any atom is 0.311 e. The molecule has 34 heavy (non-hydrogen) atoms. The maximum absolute atomic E-state index is 14.9. The molecule has 6 unspecified atom stereocenters. The van der Waals surface area contributed by atoms with E-state index in [2.05, 4.69) is 4.98 Å². The number of hydrogen-bond acceptors (Lipinski definition) is 4. The number of aromatic amines is 1. The van der Waals surface area contributed by atoms with Crippen molar-refractivity contribution >= 4 is 34.1 Å². The van der Waals surface area contributed by atoms with Crippen LogP contribution in [0.1, 0.15) is 55.4 Å². The first kappa shape index (κ1) is 21.8. The quantitative estimate of drug-likeness (QED) is 0.476. The van der Waals surface area contributed by atoms with E-state index in [4.69, 9.17) is 4.74 Å². The van der Waals surface area contributed by atoms with E-state index in [9.17, 15) is 14.0 Å². The molecule has 2 aliphatic heterocycles. The smallest absolute Gasteiger partial charge is 0.311 e. The van der Waals surface area contributed by atoms with E-state index in [1.165, 1.54) is 6.07 Å². The summed E-state index contributed by atoms with van der Waals surface area (Å²) in [6.45, 7) is 2.20. The van der Waals surface area contributed by atoms with Crippen LogP contribution in [0.5, 0.6) is 0 Å². The van der Waals surface area contributed by atoms with Crippen LogP contribution in [-0.4, -0.2) is 40.5 Å². The normalized spacial score (nSPS) is 28.4.